The number of pyridine rings is 1. The van der Waals surface area contributed by atoms with Gasteiger partial charge in [-0.15, -0.1) is 0 Å². The zero-order valence-electron chi connectivity index (χ0n) is 15.3. The number of rotatable bonds is 4. The highest BCUT2D eigenvalue weighted by atomic mass is 19.1. The van der Waals surface area contributed by atoms with E-state index in [0.29, 0.717) is 5.39 Å². The van der Waals surface area contributed by atoms with Crippen molar-refractivity contribution in [3.8, 4) is 5.88 Å². The quantitative estimate of drug-likeness (QED) is 0.654. The average molecular weight is 364 g/mol. The maximum Gasteiger partial charge on any atom is 0.343 e. The van der Waals surface area contributed by atoms with Crippen LogP contribution in [0.4, 0.5) is 4.39 Å². The van der Waals surface area contributed by atoms with Crippen LogP contribution in [0.5, 0.6) is 5.88 Å². The Morgan fingerprint density at radius 2 is 1.69 bits per heavy atom. The first kappa shape index (κ1) is 19.6. The summed E-state index contributed by atoms with van der Waals surface area (Å²) >= 11 is 0. The van der Waals surface area contributed by atoms with Crippen molar-refractivity contribution in [1.82, 2.24) is 4.98 Å². The van der Waals surface area contributed by atoms with Crippen LogP contribution in [0.25, 0.3) is 10.9 Å². The highest BCUT2D eigenvalue weighted by Gasteiger charge is 2.51. The number of halogens is 1. The molecule has 2 N–H and O–H groups in total. The van der Waals surface area contributed by atoms with Gasteiger partial charge in [0.25, 0.3) is 0 Å². The van der Waals surface area contributed by atoms with Gasteiger partial charge in [0.2, 0.25) is 11.4 Å². The molecule has 7 nitrogen and oxygen atoms in total. The summed E-state index contributed by atoms with van der Waals surface area (Å²) in [6, 6.07) is 5.72. The molecule has 26 heavy (non-hydrogen) atoms. The van der Waals surface area contributed by atoms with Gasteiger partial charge in [0.05, 0.1) is 25.3 Å². The summed E-state index contributed by atoms with van der Waals surface area (Å²) < 4.78 is 29.7. The summed E-state index contributed by atoms with van der Waals surface area (Å²) in [5, 5.41) is 0.462. The summed E-state index contributed by atoms with van der Waals surface area (Å²) in [5.74, 6) is -3.03. The van der Waals surface area contributed by atoms with E-state index in [0.717, 1.165) is 13.2 Å². The van der Waals surface area contributed by atoms with E-state index in [1.54, 1.807) is 32.9 Å². The van der Waals surface area contributed by atoms with Crippen LogP contribution in [0.15, 0.2) is 24.3 Å². The predicted octanol–water partition coefficient (Wildman–Crippen LogP) is 2.05. The third-order valence-electron chi connectivity index (χ3n) is 3.62. The molecule has 1 unspecified atom stereocenters. The minimum atomic E-state index is -2.54. The molecule has 0 spiro atoms. The number of hydrogen-bond donors (Lipinski definition) is 1. The number of carbonyl (C=O) groups excluding carboxylic acids is 2. The molecule has 8 heteroatoms. The van der Waals surface area contributed by atoms with Crippen LogP contribution >= 0.6 is 0 Å². The Morgan fingerprint density at radius 1 is 1.08 bits per heavy atom. The average Bonchev–Trinajstić information content (AvgIpc) is 2.58. The highest BCUT2D eigenvalue weighted by Crippen LogP contribution is 2.33. The maximum absolute atomic E-state index is 14.8. The van der Waals surface area contributed by atoms with Crippen molar-refractivity contribution in [2.24, 2.45) is 5.73 Å². The van der Waals surface area contributed by atoms with Crippen LogP contribution in [0, 0.1) is 5.82 Å². The molecule has 1 heterocycles. The van der Waals surface area contributed by atoms with Gasteiger partial charge in [0.15, 0.2) is 0 Å². The first-order valence-corrected chi connectivity index (χ1v) is 7.79. The molecule has 0 saturated carbocycles. The van der Waals surface area contributed by atoms with Crippen LogP contribution < -0.4 is 10.5 Å². The first-order chi connectivity index (χ1) is 12.0. The molecule has 0 aliphatic heterocycles. The van der Waals surface area contributed by atoms with Crippen molar-refractivity contribution in [2.45, 2.75) is 31.9 Å². The fourth-order valence-corrected chi connectivity index (χ4v) is 2.44. The molecule has 0 saturated heterocycles. The lowest BCUT2D eigenvalue weighted by Crippen LogP contribution is -2.55. The topological polar surface area (TPSA) is 101 Å². The van der Waals surface area contributed by atoms with Gasteiger partial charge in [0.1, 0.15) is 11.4 Å². The Balaban J connectivity index is 2.82. The molecule has 1 aromatic heterocycles. The Morgan fingerprint density at radius 3 is 2.23 bits per heavy atom. The summed E-state index contributed by atoms with van der Waals surface area (Å²) in [6.07, 6.45) is 0. The largest absolute Gasteiger partial charge is 0.481 e. The van der Waals surface area contributed by atoms with Crippen LogP contribution in [0.2, 0.25) is 0 Å². The molecular formula is C18H21FN2O5. The second-order valence-electron chi connectivity index (χ2n) is 6.65. The molecule has 0 aliphatic rings. The summed E-state index contributed by atoms with van der Waals surface area (Å²) in [4.78, 5) is 29.4. The maximum atomic E-state index is 14.8. The van der Waals surface area contributed by atoms with Crippen LogP contribution in [-0.4, -0.2) is 36.7 Å². The minimum Gasteiger partial charge on any atom is -0.481 e. The molecule has 0 amide bonds. The Labute approximate surface area is 150 Å². The zero-order valence-corrected chi connectivity index (χ0v) is 15.3. The molecule has 0 aliphatic carbocycles. The van der Waals surface area contributed by atoms with E-state index in [4.69, 9.17) is 15.2 Å². The van der Waals surface area contributed by atoms with E-state index in [-0.39, 0.29) is 11.4 Å². The highest BCUT2D eigenvalue weighted by molar-refractivity contribution is 6.08. The fraction of sp³-hybridized carbons (Fsp3) is 0.389. The van der Waals surface area contributed by atoms with E-state index in [1.807, 2.05) is 0 Å². The van der Waals surface area contributed by atoms with Crippen LogP contribution in [0.1, 0.15) is 26.3 Å². The Bertz CT molecular complexity index is 863. The van der Waals surface area contributed by atoms with E-state index in [2.05, 4.69) is 9.72 Å². The number of hydrogen-bond acceptors (Lipinski definition) is 7. The molecule has 0 fully saturated rings. The van der Waals surface area contributed by atoms with Crippen LogP contribution in [-0.2, 0) is 24.6 Å². The lowest BCUT2D eigenvalue weighted by Gasteiger charge is -2.30. The van der Waals surface area contributed by atoms with Gasteiger partial charge in [-0.3, -0.25) is 0 Å². The Kier molecular flexibility index (Phi) is 5.18. The van der Waals surface area contributed by atoms with Gasteiger partial charge in [-0.05, 0) is 39.0 Å². The van der Waals surface area contributed by atoms with Crippen molar-refractivity contribution >= 4 is 22.8 Å². The molecule has 2 aromatic rings. The molecule has 140 valence electrons. The lowest BCUT2D eigenvalue weighted by atomic mass is 9.88. The van der Waals surface area contributed by atoms with Gasteiger partial charge in [-0.25, -0.2) is 19.0 Å². The van der Waals surface area contributed by atoms with Crippen molar-refractivity contribution in [3.05, 3.63) is 35.6 Å². The molecule has 0 bridgehead atoms. The minimum absolute atomic E-state index is 0.00288. The van der Waals surface area contributed by atoms with Gasteiger partial charge in [-0.1, -0.05) is 0 Å². The third kappa shape index (κ3) is 3.45. The third-order valence-corrected chi connectivity index (χ3v) is 3.62. The predicted molar refractivity (Wildman–Crippen MR) is 92.0 cm³/mol. The molecular weight excluding hydrogens is 343 g/mol. The second-order valence-corrected chi connectivity index (χ2v) is 6.65. The number of nitrogens with zero attached hydrogens (tertiary/aromatic N) is 1. The molecule has 1 atom stereocenters. The Hall–Kier alpha value is -2.74. The fourth-order valence-electron chi connectivity index (χ4n) is 2.44. The van der Waals surface area contributed by atoms with Gasteiger partial charge in [0, 0.05) is 11.5 Å². The van der Waals surface area contributed by atoms with Gasteiger partial charge >= 0.3 is 11.9 Å². The van der Waals surface area contributed by atoms with E-state index in [9.17, 15) is 14.0 Å². The molecule has 2 rings (SSSR count). The van der Waals surface area contributed by atoms with E-state index in [1.165, 1.54) is 13.2 Å². The number of methoxy groups -OCH3 is 2. The normalized spacial score (nSPS) is 13.8. The standard InChI is InChI=1S/C18H21FN2O5/c1-17(2,3)26-16(23)18(20,15(22)25-5)13-11(19)8-6-10-7-9-12(24-4)21-14(10)13/h6-9H,20H2,1-5H3. The summed E-state index contributed by atoms with van der Waals surface area (Å²) in [7, 11) is 2.43. The van der Waals surface area contributed by atoms with Gasteiger partial charge < -0.3 is 19.9 Å². The monoisotopic (exact) mass is 364 g/mol. The van der Waals surface area contributed by atoms with E-state index < -0.39 is 34.5 Å². The zero-order chi connectivity index (χ0) is 19.7. The van der Waals surface area contributed by atoms with Gasteiger partial charge in [-0.2, -0.15) is 0 Å². The lowest BCUT2D eigenvalue weighted by molar-refractivity contribution is -0.171. The van der Waals surface area contributed by atoms with Crippen molar-refractivity contribution in [1.29, 1.82) is 0 Å². The van der Waals surface area contributed by atoms with Crippen molar-refractivity contribution in [3.63, 3.8) is 0 Å². The SMILES string of the molecule is COC(=O)C(N)(C(=O)OC(C)(C)C)c1c(F)ccc2ccc(OC)nc12. The van der Waals surface area contributed by atoms with Crippen molar-refractivity contribution in [2.75, 3.05) is 14.2 Å². The molecule has 1 aromatic carbocycles. The second kappa shape index (κ2) is 6.87. The number of ether oxygens (including phenoxy) is 3. The smallest absolute Gasteiger partial charge is 0.343 e. The summed E-state index contributed by atoms with van der Waals surface area (Å²) in [6.45, 7) is 4.80. The number of benzene rings is 1. The first-order valence-electron chi connectivity index (χ1n) is 7.79. The summed E-state index contributed by atoms with van der Waals surface area (Å²) in [5.41, 5.74) is 2.19. The number of aromatic nitrogens is 1. The number of fused-ring (bicyclic) bond motifs is 1. The number of nitrogens with two attached hydrogens (primary N) is 1. The van der Waals surface area contributed by atoms with Crippen molar-refractivity contribution < 1.29 is 28.2 Å². The van der Waals surface area contributed by atoms with Crippen LogP contribution in [0.3, 0.4) is 0 Å². The number of carbonyl (C=O) groups is 2. The number of esters is 2. The molecule has 0 radical (unpaired) electrons. The van der Waals surface area contributed by atoms with E-state index >= 15 is 0 Å².